The molecule has 8 heteroatoms. The number of carbonyl (C=O) groups is 2. The summed E-state index contributed by atoms with van der Waals surface area (Å²) in [6, 6.07) is 15.3. The standard InChI is InChI=1S/C22H19FN4O3/c23-16-6-4-14(5-7-16)19-10-11-21(29)27(26-19)13-20(28)24-18-3-1-2-15(12-18)22(30)25-17-8-9-17/h1-7,10-12,17H,8-9,13H2,(H,24,28)(H,25,30). The van der Waals surface area contributed by atoms with Crippen LogP contribution < -0.4 is 16.2 Å². The van der Waals surface area contributed by atoms with E-state index in [1.54, 1.807) is 36.4 Å². The highest BCUT2D eigenvalue weighted by atomic mass is 19.1. The maximum absolute atomic E-state index is 13.1. The molecule has 0 saturated heterocycles. The van der Waals surface area contributed by atoms with Gasteiger partial charge in [-0.3, -0.25) is 14.4 Å². The van der Waals surface area contributed by atoms with Crippen LogP contribution in [0.5, 0.6) is 0 Å². The summed E-state index contributed by atoms with van der Waals surface area (Å²) in [6.45, 7) is -0.299. The molecule has 0 aliphatic heterocycles. The zero-order chi connectivity index (χ0) is 21.1. The predicted octanol–water partition coefficient (Wildman–Crippen LogP) is 2.58. The Bertz CT molecular complexity index is 1150. The van der Waals surface area contributed by atoms with Gasteiger partial charge in [-0.15, -0.1) is 0 Å². The number of aromatic nitrogens is 2. The average Bonchev–Trinajstić information content (AvgIpc) is 3.54. The van der Waals surface area contributed by atoms with Crippen LogP contribution in [-0.4, -0.2) is 27.6 Å². The van der Waals surface area contributed by atoms with Crippen LogP contribution in [0.4, 0.5) is 10.1 Å². The highest BCUT2D eigenvalue weighted by Crippen LogP contribution is 2.20. The summed E-state index contributed by atoms with van der Waals surface area (Å²) in [5.41, 5.74) is 1.54. The van der Waals surface area contributed by atoms with Gasteiger partial charge in [0.05, 0.1) is 5.69 Å². The van der Waals surface area contributed by atoms with Crippen molar-refractivity contribution in [2.75, 3.05) is 5.32 Å². The van der Waals surface area contributed by atoms with Gasteiger partial charge < -0.3 is 10.6 Å². The molecule has 1 aliphatic rings. The molecule has 0 radical (unpaired) electrons. The number of nitrogens with zero attached hydrogens (tertiary/aromatic N) is 2. The van der Waals surface area contributed by atoms with E-state index in [1.165, 1.54) is 24.3 Å². The second-order valence-electron chi connectivity index (χ2n) is 7.10. The van der Waals surface area contributed by atoms with E-state index in [1.807, 2.05) is 0 Å². The summed E-state index contributed by atoms with van der Waals surface area (Å²) in [5, 5.41) is 9.77. The smallest absolute Gasteiger partial charge is 0.267 e. The van der Waals surface area contributed by atoms with Gasteiger partial charge in [-0.25, -0.2) is 9.07 Å². The van der Waals surface area contributed by atoms with Crippen LogP contribution in [0.1, 0.15) is 23.2 Å². The van der Waals surface area contributed by atoms with Gasteiger partial charge >= 0.3 is 0 Å². The second kappa shape index (κ2) is 8.28. The minimum atomic E-state index is -0.458. The molecule has 7 nitrogen and oxygen atoms in total. The average molecular weight is 406 g/mol. The van der Waals surface area contributed by atoms with E-state index in [4.69, 9.17) is 0 Å². The van der Waals surface area contributed by atoms with Gasteiger partial charge in [-0.1, -0.05) is 6.07 Å². The fourth-order valence-electron chi connectivity index (χ4n) is 2.91. The SMILES string of the molecule is O=C(Cn1nc(-c2ccc(F)cc2)ccc1=O)Nc1cccc(C(=O)NC2CC2)c1. The first-order chi connectivity index (χ1) is 14.5. The number of benzene rings is 2. The third kappa shape index (κ3) is 4.78. The monoisotopic (exact) mass is 406 g/mol. The summed E-state index contributed by atoms with van der Waals surface area (Å²) < 4.78 is 14.2. The van der Waals surface area contributed by atoms with Crippen molar-refractivity contribution in [1.29, 1.82) is 0 Å². The number of hydrogen-bond donors (Lipinski definition) is 2. The summed E-state index contributed by atoms with van der Waals surface area (Å²) >= 11 is 0. The zero-order valence-electron chi connectivity index (χ0n) is 16.0. The Morgan fingerprint density at radius 3 is 2.57 bits per heavy atom. The van der Waals surface area contributed by atoms with E-state index < -0.39 is 11.5 Å². The van der Waals surface area contributed by atoms with Crippen LogP contribution in [0.2, 0.25) is 0 Å². The minimum Gasteiger partial charge on any atom is -0.349 e. The fourth-order valence-corrected chi connectivity index (χ4v) is 2.91. The number of nitrogens with one attached hydrogen (secondary N) is 2. The maximum Gasteiger partial charge on any atom is 0.267 e. The number of amides is 2. The molecule has 30 heavy (non-hydrogen) atoms. The molecule has 0 spiro atoms. The van der Waals surface area contributed by atoms with Crippen molar-refractivity contribution in [2.24, 2.45) is 0 Å². The Morgan fingerprint density at radius 2 is 1.83 bits per heavy atom. The van der Waals surface area contributed by atoms with E-state index in [0.717, 1.165) is 17.5 Å². The third-order valence-electron chi connectivity index (χ3n) is 4.62. The summed E-state index contributed by atoms with van der Waals surface area (Å²) in [6.07, 6.45) is 1.97. The van der Waals surface area contributed by atoms with Gasteiger partial charge in [-0.05, 0) is 61.4 Å². The number of hydrogen-bond acceptors (Lipinski definition) is 4. The van der Waals surface area contributed by atoms with Gasteiger partial charge in [0, 0.05) is 28.9 Å². The molecule has 1 fully saturated rings. The lowest BCUT2D eigenvalue weighted by Gasteiger charge is -2.10. The molecule has 0 bridgehead atoms. The van der Waals surface area contributed by atoms with Crippen molar-refractivity contribution in [2.45, 2.75) is 25.4 Å². The lowest BCUT2D eigenvalue weighted by molar-refractivity contribution is -0.117. The minimum absolute atomic E-state index is 0.182. The quantitative estimate of drug-likeness (QED) is 0.658. The van der Waals surface area contributed by atoms with Crippen LogP contribution in [0.25, 0.3) is 11.3 Å². The molecule has 2 amide bonds. The lowest BCUT2D eigenvalue weighted by Crippen LogP contribution is -2.29. The summed E-state index contributed by atoms with van der Waals surface area (Å²) in [5.74, 6) is -1.02. The molecule has 0 unspecified atom stereocenters. The molecule has 1 heterocycles. The Morgan fingerprint density at radius 1 is 1.07 bits per heavy atom. The molecule has 1 aromatic heterocycles. The van der Waals surface area contributed by atoms with E-state index in [9.17, 15) is 18.8 Å². The van der Waals surface area contributed by atoms with Crippen molar-refractivity contribution < 1.29 is 14.0 Å². The van der Waals surface area contributed by atoms with Crippen molar-refractivity contribution in [3.63, 3.8) is 0 Å². The fraction of sp³-hybridized carbons (Fsp3) is 0.182. The molecule has 2 aromatic carbocycles. The number of carbonyl (C=O) groups excluding carboxylic acids is 2. The summed E-state index contributed by atoms with van der Waals surface area (Å²) in [4.78, 5) is 36.7. The number of halogens is 1. The Balaban J connectivity index is 1.46. The van der Waals surface area contributed by atoms with Crippen LogP contribution in [0.3, 0.4) is 0 Å². The molecule has 0 atom stereocenters. The molecule has 152 valence electrons. The van der Waals surface area contributed by atoms with Crippen LogP contribution in [0, 0.1) is 5.82 Å². The number of anilines is 1. The van der Waals surface area contributed by atoms with Crippen LogP contribution >= 0.6 is 0 Å². The first-order valence-corrected chi connectivity index (χ1v) is 9.53. The van der Waals surface area contributed by atoms with Crippen LogP contribution in [-0.2, 0) is 11.3 Å². The predicted molar refractivity (Wildman–Crippen MR) is 109 cm³/mol. The zero-order valence-corrected chi connectivity index (χ0v) is 16.0. The molecule has 3 aromatic rings. The molecular weight excluding hydrogens is 387 g/mol. The van der Waals surface area contributed by atoms with Gasteiger partial charge in [0.1, 0.15) is 12.4 Å². The second-order valence-corrected chi connectivity index (χ2v) is 7.10. The largest absolute Gasteiger partial charge is 0.349 e. The lowest BCUT2D eigenvalue weighted by atomic mass is 10.1. The van der Waals surface area contributed by atoms with Gasteiger partial charge in [0.25, 0.3) is 11.5 Å². The van der Waals surface area contributed by atoms with E-state index in [2.05, 4.69) is 15.7 Å². The first-order valence-electron chi connectivity index (χ1n) is 9.53. The Kier molecular flexibility index (Phi) is 5.38. The molecule has 2 N–H and O–H groups in total. The van der Waals surface area contributed by atoms with Gasteiger partial charge in [0.2, 0.25) is 5.91 Å². The number of rotatable bonds is 6. The third-order valence-corrected chi connectivity index (χ3v) is 4.62. The van der Waals surface area contributed by atoms with E-state index >= 15 is 0 Å². The van der Waals surface area contributed by atoms with Gasteiger partial charge in [-0.2, -0.15) is 5.10 Å². The molecule has 1 saturated carbocycles. The van der Waals surface area contributed by atoms with Crippen LogP contribution in [0.15, 0.2) is 65.5 Å². The molecule has 4 rings (SSSR count). The Labute approximate surface area is 171 Å². The highest BCUT2D eigenvalue weighted by Gasteiger charge is 2.23. The van der Waals surface area contributed by atoms with Crippen molar-refractivity contribution in [3.8, 4) is 11.3 Å². The molecule has 1 aliphatic carbocycles. The van der Waals surface area contributed by atoms with Crippen molar-refractivity contribution >= 4 is 17.5 Å². The maximum atomic E-state index is 13.1. The Hall–Kier alpha value is -3.81. The topological polar surface area (TPSA) is 93.1 Å². The first kappa shape index (κ1) is 19.5. The summed E-state index contributed by atoms with van der Waals surface area (Å²) in [7, 11) is 0. The van der Waals surface area contributed by atoms with E-state index in [0.29, 0.717) is 22.5 Å². The van der Waals surface area contributed by atoms with E-state index in [-0.39, 0.29) is 24.3 Å². The van der Waals surface area contributed by atoms with Crippen molar-refractivity contribution in [1.82, 2.24) is 15.1 Å². The van der Waals surface area contributed by atoms with Crippen molar-refractivity contribution in [3.05, 3.63) is 82.4 Å². The molecular formula is C22H19FN4O3. The van der Waals surface area contributed by atoms with Gasteiger partial charge in [0.15, 0.2) is 0 Å². The normalized spacial score (nSPS) is 13.0. The highest BCUT2D eigenvalue weighted by molar-refractivity contribution is 5.97.